The topological polar surface area (TPSA) is 90.6 Å². The monoisotopic (exact) mass is 376 g/mol. The maximum atomic E-state index is 13.6. The molecule has 0 atom stereocenters. The molecular formula is C20H17FN6O. The van der Waals surface area contributed by atoms with Gasteiger partial charge in [-0.1, -0.05) is 0 Å². The quantitative estimate of drug-likeness (QED) is 0.573. The minimum Gasteiger partial charge on any atom is -0.361 e. The highest BCUT2D eigenvalue weighted by atomic mass is 19.1. The van der Waals surface area contributed by atoms with Crippen molar-refractivity contribution in [3.63, 3.8) is 0 Å². The SMILES string of the molecule is O=c1[nH]c(-c2cncnc2)nc2c1CCN(Cc1c[nH]c3ccc(F)cc13)C2. The van der Waals surface area contributed by atoms with E-state index in [2.05, 4.69) is 29.8 Å². The lowest BCUT2D eigenvalue weighted by atomic mass is 10.0. The molecule has 0 aliphatic carbocycles. The van der Waals surface area contributed by atoms with E-state index >= 15 is 0 Å². The summed E-state index contributed by atoms with van der Waals surface area (Å²) in [6, 6.07) is 4.75. The van der Waals surface area contributed by atoms with Crippen molar-refractivity contribution in [3.05, 3.63) is 76.1 Å². The highest BCUT2D eigenvalue weighted by Gasteiger charge is 2.22. The molecule has 0 fully saturated rings. The molecule has 3 aromatic heterocycles. The summed E-state index contributed by atoms with van der Waals surface area (Å²) in [6.45, 7) is 1.95. The maximum absolute atomic E-state index is 13.6. The number of aromatic amines is 2. The van der Waals surface area contributed by atoms with E-state index in [1.54, 1.807) is 24.5 Å². The average Bonchev–Trinajstić information content (AvgIpc) is 3.10. The largest absolute Gasteiger partial charge is 0.361 e. The number of hydrogen-bond acceptors (Lipinski definition) is 5. The van der Waals surface area contributed by atoms with Crippen molar-refractivity contribution in [1.82, 2.24) is 29.8 Å². The molecule has 2 N–H and O–H groups in total. The lowest BCUT2D eigenvalue weighted by Gasteiger charge is -2.27. The molecule has 0 bridgehead atoms. The summed E-state index contributed by atoms with van der Waals surface area (Å²) in [5, 5.41) is 0.881. The summed E-state index contributed by atoms with van der Waals surface area (Å²) >= 11 is 0. The van der Waals surface area contributed by atoms with Crippen LogP contribution in [0.2, 0.25) is 0 Å². The fourth-order valence-corrected chi connectivity index (χ4v) is 3.71. The lowest BCUT2D eigenvalue weighted by Crippen LogP contribution is -2.35. The van der Waals surface area contributed by atoms with Gasteiger partial charge in [-0.3, -0.25) is 9.69 Å². The Morgan fingerprint density at radius 2 is 2.07 bits per heavy atom. The third kappa shape index (κ3) is 2.97. The molecule has 0 amide bonds. The number of nitrogens with one attached hydrogen (secondary N) is 2. The van der Waals surface area contributed by atoms with Crippen LogP contribution in [0.1, 0.15) is 16.8 Å². The van der Waals surface area contributed by atoms with Crippen LogP contribution < -0.4 is 5.56 Å². The smallest absolute Gasteiger partial charge is 0.254 e. The number of hydrogen-bond donors (Lipinski definition) is 2. The van der Waals surface area contributed by atoms with Crippen molar-refractivity contribution in [2.45, 2.75) is 19.5 Å². The summed E-state index contributed by atoms with van der Waals surface area (Å²) < 4.78 is 13.6. The number of aromatic nitrogens is 5. The molecule has 1 aliphatic rings. The molecule has 28 heavy (non-hydrogen) atoms. The Bertz CT molecular complexity index is 1220. The van der Waals surface area contributed by atoms with Gasteiger partial charge in [0.2, 0.25) is 0 Å². The van der Waals surface area contributed by atoms with Crippen LogP contribution in [0.15, 0.2) is 47.9 Å². The predicted molar refractivity (Wildman–Crippen MR) is 102 cm³/mol. The number of halogens is 1. The average molecular weight is 376 g/mol. The van der Waals surface area contributed by atoms with E-state index in [0.717, 1.165) is 34.3 Å². The van der Waals surface area contributed by atoms with Gasteiger partial charge in [-0.15, -0.1) is 0 Å². The molecule has 0 radical (unpaired) electrons. The summed E-state index contributed by atoms with van der Waals surface area (Å²) in [5.74, 6) is 0.223. The van der Waals surface area contributed by atoms with Crippen molar-refractivity contribution in [2.24, 2.45) is 0 Å². The molecule has 1 aliphatic heterocycles. The lowest BCUT2D eigenvalue weighted by molar-refractivity contribution is 0.241. The fraction of sp³-hybridized carbons (Fsp3) is 0.200. The van der Waals surface area contributed by atoms with Gasteiger partial charge in [0.25, 0.3) is 5.56 Å². The Kier molecular flexibility index (Phi) is 3.98. The molecule has 140 valence electrons. The molecular weight excluding hydrogens is 359 g/mol. The molecule has 4 heterocycles. The van der Waals surface area contributed by atoms with Crippen molar-refractivity contribution in [1.29, 1.82) is 0 Å². The Labute approximate surface area is 159 Å². The second-order valence-corrected chi connectivity index (χ2v) is 6.93. The molecule has 0 spiro atoms. The van der Waals surface area contributed by atoms with Gasteiger partial charge in [-0.25, -0.2) is 19.3 Å². The van der Waals surface area contributed by atoms with Gasteiger partial charge in [0.15, 0.2) is 0 Å². The van der Waals surface area contributed by atoms with E-state index in [0.29, 0.717) is 30.9 Å². The van der Waals surface area contributed by atoms with Crippen LogP contribution in [0, 0.1) is 5.82 Å². The molecule has 0 saturated heterocycles. The zero-order chi connectivity index (χ0) is 19.1. The molecule has 0 saturated carbocycles. The second kappa shape index (κ2) is 6.65. The predicted octanol–water partition coefficient (Wildman–Crippen LogP) is 2.41. The highest BCUT2D eigenvalue weighted by Crippen LogP contribution is 2.24. The van der Waals surface area contributed by atoms with E-state index in [1.807, 2.05) is 6.20 Å². The van der Waals surface area contributed by atoms with Gasteiger partial charge in [0, 0.05) is 54.7 Å². The first-order valence-corrected chi connectivity index (χ1v) is 9.03. The first-order valence-electron chi connectivity index (χ1n) is 9.03. The van der Waals surface area contributed by atoms with E-state index in [4.69, 9.17) is 0 Å². The summed E-state index contributed by atoms with van der Waals surface area (Å²) in [5.41, 5.74) is 3.99. The van der Waals surface area contributed by atoms with Crippen LogP contribution in [0.4, 0.5) is 4.39 Å². The summed E-state index contributed by atoms with van der Waals surface area (Å²) in [6.07, 6.45) is 7.22. The van der Waals surface area contributed by atoms with Crippen LogP contribution in [-0.4, -0.2) is 36.4 Å². The van der Waals surface area contributed by atoms with Gasteiger partial charge in [0.05, 0.1) is 11.3 Å². The molecule has 5 rings (SSSR count). The van der Waals surface area contributed by atoms with Gasteiger partial charge in [-0.05, 0) is 30.2 Å². The van der Waals surface area contributed by atoms with Crippen LogP contribution in [0.25, 0.3) is 22.3 Å². The van der Waals surface area contributed by atoms with E-state index < -0.39 is 0 Å². The first-order chi connectivity index (χ1) is 13.7. The number of benzene rings is 1. The van der Waals surface area contributed by atoms with Crippen LogP contribution in [0.5, 0.6) is 0 Å². The van der Waals surface area contributed by atoms with E-state index in [-0.39, 0.29) is 11.4 Å². The fourth-order valence-electron chi connectivity index (χ4n) is 3.71. The third-order valence-corrected chi connectivity index (χ3v) is 5.11. The van der Waals surface area contributed by atoms with Gasteiger partial charge >= 0.3 is 0 Å². The Balaban J connectivity index is 1.45. The Morgan fingerprint density at radius 1 is 1.21 bits per heavy atom. The Hall–Kier alpha value is -3.39. The minimum atomic E-state index is -0.250. The van der Waals surface area contributed by atoms with Gasteiger partial charge in [0.1, 0.15) is 18.0 Å². The molecule has 0 unspecified atom stereocenters. The summed E-state index contributed by atoms with van der Waals surface area (Å²) in [7, 11) is 0. The van der Waals surface area contributed by atoms with Gasteiger partial charge < -0.3 is 9.97 Å². The Morgan fingerprint density at radius 3 is 2.93 bits per heavy atom. The molecule has 1 aromatic carbocycles. The number of fused-ring (bicyclic) bond motifs is 2. The highest BCUT2D eigenvalue weighted by molar-refractivity contribution is 5.83. The van der Waals surface area contributed by atoms with Gasteiger partial charge in [-0.2, -0.15) is 0 Å². The van der Waals surface area contributed by atoms with Crippen LogP contribution in [-0.2, 0) is 19.5 Å². The van der Waals surface area contributed by atoms with Crippen molar-refractivity contribution in [2.75, 3.05) is 6.54 Å². The number of rotatable bonds is 3. The maximum Gasteiger partial charge on any atom is 0.254 e. The minimum absolute atomic E-state index is 0.113. The number of nitrogens with zero attached hydrogens (tertiary/aromatic N) is 4. The molecule has 7 nitrogen and oxygen atoms in total. The van der Waals surface area contributed by atoms with Crippen molar-refractivity contribution >= 4 is 10.9 Å². The van der Waals surface area contributed by atoms with Crippen molar-refractivity contribution < 1.29 is 4.39 Å². The second-order valence-electron chi connectivity index (χ2n) is 6.93. The number of H-pyrrole nitrogens is 2. The zero-order valence-corrected chi connectivity index (χ0v) is 14.9. The molecule has 4 aromatic rings. The zero-order valence-electron chi connectivity index (χ0n) is 14.9. The molecule has 8 heteroatoms. The third-order valence-electron chi connectivity index (χ3n) is 5.11. The normalized spacial score (nSPS) is 14.3. The summed E-state index contributed by atoms with van der Waals surface area (Å²) in [4.78, 5) is 33.4. The standard InChI is InChI=1S/C20H17FN6O/c21-14-1-2-17-16(5-14)13(8-24-17)9-27-4-3-15-18(10-27)25-19(26-20(15)28)12-6-22-11-23-7-12/h1-2,5-8,11,24H,3-4,9-10H2,(H,25,26,28). The van der Waals surface area contributed by atoms with E-state index in [9.17, 15) is 9.18 Å². The van der Waals surface area contributed by atoms with E-state index in [1.165, 1.54) is 12.4 Å². The van der Waals surface area contributed by atoms with Crippen molar-refractivity contribution in [3.8, 4) is 11.4 Å². The van der Waals surface area contributed by atoms with Crippen LogP contribution in [0.3, 0.4) is 0 Å². The first kappa shape index (κ1) is 16.8. The van der Waals surface area contributed by atoms with Crippen LogP contribution >= 0.6 is 0 Å².